The van der Waals surface area contributed by atoms with Gasteiger partial charge in [0.25, 0.3) is 0 Å². The Hall–Kier alpha value is -7.74. The van der Waals surface area contributed by atoms with E-state index in [1.165, 1.54) is 5.56 Å². The number of thiophene rings is 1. The Kier molecular flexibility index (Phi) is 8.56. The van der Waals surface area contributed by atoms with E-state index in [2.05, 4.69) is 127 Å². The van der Waals surface area contributed by atoms with E-state index in [4.69, 9.17) is 29.9 Å². The van der Waals surface area contributed by atoms with Crippen molar-refractivity contribution in [2.24, 2.45) is 0 Å². The van der Waals surface area contributed by atoms with Crippen LogP contribution in [0.25, 0.3) is 110 Å². The molecule has 0 saturated carbocycles. The molecule has 0 aliphatic heterocycles. The van der Waals surface area contributed by atoms with Gasteiger partial charge in [-0.2, -0.15) is 0 Å². The zero-order chi connectivity index (χ0) is 39.1. The highest BCUT2D eigenvalue weighted by Gasteiger charge is 2.16. The molecule has 0 N–H and O–H groups in total. The number of nitrogens with zero attached hydrogens (tertiary/aromatic N) is 6. The van der Waals surface area contributed by atoms with Gasteiger partial charge in [0.2, 0.25) is 0 Å². The maximum atomic E-state index is 5.00. The summed E-state index contributed by atoms with van der Waals surface area (Å²) in [4.78, 5) is 30.4. The van der Waals surface area contributed by atoms with Crippen molar-refractivity contribution in [1.82, 2.24) is 29.9 Å². The highest BCUT2D eigenvalue weighted by atomic mass is 32.1. The summed E-state index contributed by atoms with van der Waals surface area (Å²) in [5.74, 6) is 1.90. The van der Waals surface area contributed by atoms with E-state index in [-0.39, 0.29) is 0 Å². The topological polar surface area (TPSA) is 77.3 Å². The van der Waals surface area contributed by atoms with E-state index in [1.54, 1.807) is 11.3 Å². The van der Waals surface area contributed by atoms with E-state index in [1.807, 2.05) is 66.9 Å². The van der Waals surface area contributed by atoms with Crippen LogP contribution in [0, 0.1) is 0 Å². The van der Waals surface area contributed by atoms with Crippen LogP contribution in [0.3, 0.4) is 0 Å². The average Bonchev–Trinajstić information content (AvgIpc) is 3.69. The molecule has 0 fully saturated rings. The Bertz CT molecular complexity index is 3310. The largest absolute Gasteiger partial charge is 0.253 e. The van der Waals surface area contributed by atoms with Gasteiger partial charge in [-0.1, -0.05) is 158 Å². The second-order valence-electron chi connectivity index (χ2n) is 14.4. The molecule has 11 rings (SSSR count). The quantitative estimate of drug-likeness (QED) is 0.161. The summed E-state index contributed by atoms with van der Waals surface area (Å²) >= 11 is 1.65. The highest BCUT2D eigenvalue weighted by Crippen LogP contribution is 2.39. The summed E-state index contributed by atoms with van der Waals surface area (Å²) < 4.78 is 1.09. The number of pyridine rings is 1. The van der Waals surface area contributed by atoms with E-state index in [0.717, 1.165) is 87.2 Å². The Labute approximate surface area is 344 Å². The van der Waals surface area contributed by atoms with Crippen molar-refractivity contribution in [3.63, 3.8) is 0 Å². The summed E-state index contributed by atoms with van der Waals surface area (Å²) in [6, 6.07) is 64.9. The summed E-state index contributed by atoms with van der Waals surface area (Å²) in [7, 11) is 0. The van der Waals surface area contributed by atoms with Gasteiger partial charge in [0.15, 0.2) is 17.5 Å². The van der Waals surface area contributed by atoms with Crippen LogP contribution in [-0.2, 0) is 0 Å². The maximum Gasteiger partial charge on any atom is 0.164 e. The minimum atomic E-state index is 0.627. The maximum absolute atomic E-state index is 5.00. The molecule has 0 amide bonds. The third kappa shape index (κ3) is 6.59. The van der Waals surface area contributed by atoms with E-state index in [0.29, 0.717) is 17.5 Å². The SMILES string of the molecule is c1ccc(-c2ccc(-c3nc(-c4ccccc4)nc(-c4ccc(-c5cccc(-c6cccc(-c7ccnc8c7sc7nc9ccccc9nc78)c6)c5)cc4)n3)cc2)cc1. The fraction of sp³-hybridized carbons (Fsp3) is 0. The lowest BCUT2D eigenvalue weighted by Crippen LogP contribution is -2.00. The zero-order valence-corrected chi connectivity index (χ0v) is 32.4. The number of hydrogen-bond acceptors (Lipinski definition) is 7. The molecule has 0 saturated heterocycles. The second-order valence-corrected chi connectivity index (χ2v) is 15.4. The van der Waals surface area contributed by atoms with Crippen LogP contribution in [0.5, 0.6) is 0 Å². The van der Waals surface area contributed by atoms with Crippen LogP contribution in [-0.4, -0.2) is 29.9 Å². The van der Waals surface area contributed by atoms with Gasteiger partial charge in [-0.15, -0.1) is 11.3 Å². The predicted molar refractivity (Wildman–Crippen MR) is 242 cm³/mol. The normalized spacial score (nSPS) is 11.4. The van der Waals surface area contributed by atoms with Crippen molar-refractivity contribution in [2.45, 2.75) is 0 Å². The molecule has 4 heterocycles. The number of aromatic nitrogens is 6. The van der Waals surface area contributed by atoms with E-state index in [9.17, 15) is 0 Å². The molecule has 0 unspecified atom stereocenters. The monoisotopic (exact) mass is 772 g/mol. The first-order valence-corrected chi connectivity index (χ1v) is 20.2. The van der Waals surface area contributed by atoms with Gasteiger partial charge in [0.05, 0.1) is 15.7 Å². The third-order valence-corrected chi connectivity index (χ3v) is 11.7. The highest BCUT2D eigenvalue weighted by molar-refractivity contribution is 7.25. The van der Waals surface area contributed by atoms with Crippen LogP contribution in [0.1, 0.15) is 0 Å². The van der Waals surface area contributed by atoms with E-state index < -0.39 is 0 Å². The first kappa shape index (κ1) is 34.5. The molecular weight excluding hydrogens is 741 g/mol. The molecule has 0 spiro atoms. The van der Waals surface area contributed by atoms with Gasteiger partial charge in [-0.25, -0.2) is 24.9 Å². The predicted octanol–water partition coefficient (Wildman–Crippen LogP) is 13.2. The number of hydrogen-bond donors (Lipinski definition) is 0. The second kappa shape index (κ2) is 14.6. The lowest BCUT2D eigenvalue weighted by molar-refractivity contribution is 1.07. The summed E-state index contributed by atoms with van der Waals surface area (Å²) in [6.07, 6.45) is 1.88. The van der Waals surface area contributed by atoms with Crippen molar-refractivity contribution < 1.29 is 0 Å². The molecule has 4 aromatic heterocycles. The molecular formula is C52H32N6S. The zero-order valence-electron chi connectivity index (χ0n) is 31.6. The minimum absolute atomic E-state index is 0.627. The van der Waals surface area contributed by atoms with Crippen LogP contribution in [0.2, 0.25) is 0 Å². The van der Waals surface area contributed by atoms with Crippen molar-refractivity contribution in [2.75, 3.05) is 0 Å². The smallest absolute Gasteiger partial charge is 0.164 e. The Morgan fingerprint density at radius 1 is 0.305 bits per heavy atom. The molecule has 7 aromatic carbocycles. The Morgan fingerprint density at radius 2 is 0.729 bits per heavy atom. The molecule has 59 heavy (non-hydrogen) atoms. The molecule has 0 bridgehead atoms. The summed E-state index contributed by atoms with van der Waals surface area (Å²) in [5, 5.41) is 0. The van der Waals surface area contributed by atoms with Gasteiger partial charge in [-0.05, 0) is 69.3 Å². The lowest BCUT2D eigenvalue weighted by Gasteiger charge is -2.11. The minimum Gasteiger partial charge on any atom is -0.253 e. The van der Waals surface area contributed by atoms with Crippen LogP contribution < -0.4 is 0 Å². The lowest BCUT2D eigenvalue weighted by atomic mass is 9.96. The standard InChI is InChI=1S/C52H32N6S/c1-3-11-33(12-4-1)34-21-25-37(26-22-34)50-56-49(36-13-5-2-6-14-36)57-51(58-50)38-27-23-35(24-28-38)39-15-9-16-40(31-39)41-17-10-18-42(32-41)43-29-30-53-46-47-52(59-48(43)46)55-45-20-8-7-19-44(45)54-47/h1-32H. The first-order valence-electron chi connectivity index (χ1n) is 19.4. The molecule has 7 heteroatoms. The number of rotatable bonds is 7. The van der Waals surface area contributed by atoms with Gasteiger partial charge in [-0.3, -0.25) is 4.98 Å². The van der Waals surface area contributed by atoms with Crippen molar-refractivity contribution in [3.8, 4) is 78.7 Å². The third-order valence-electron chi connectivity index (χ3n) is 10.6. The van der Waals surface area contributed by atoms with E-state index >= 15 is 0 Å². The Morgan fingerprint density at radius 3 is 1.34 bits per heavy atom. The van der Waals surface area contributed by atoms with Gasteiger partial charge in [0.1, 0.15) is 15.9 Å². The van der Waals surface area contributed by atoms with Crippen molar-refractivity contribution in [1.29, 1.82) is 0 Å². The summed E-state index contributed by atoms with van der Waals surface area (Å²) in [6.45, 7) is 0. The molecule has 0 radical (unpaired) electrons. The fourth-order valence-corrected chi connectivity index (χ4v) is 8.72. The molecule has 0 aliphatic rings. The molecule has 0 atom stereocenters. The molecule has 276 valence electrons. The number of para-hydroxylation sites is 2. The summed E-state index contributed by atoms with van der Waals surface area (Å²) in [5.41, 5.74) is 15.4. The van der Waals surface area contributed by atoms with Gasteiger partial charge < -0.3 is 0 Å². The van der Waals surface area contributed by atoms with Crippen LogP contribution >= 0.6 is 11.3 Å². The van der Waals surface area contributed by atoms with Crippen molar-refractivity contribution >= 4 is 42.9 Å². The van der Waals surface area contributed by atoms with Crippen LogP contribution in [0.4, 0.5) is 0 Å². The Balaban J connectivity index is 0.909. The fourth-order valence-electron chi connectivity index (χ4n) is 7.60. The molecule has 11 aromatic rings. The number of fused-ring (bicyclic) bond motifs is 4. The van der Waals surface area contributed by atoms with Gasteiger partial charge >= 0.3 is 0 Å². The van der Waals surface area contributed by atoms with Crippen molar-refractivity contribution in [3.05, 3.63) is 194 Å². The number of benzene rings is 7. The van der Waals surface area contributed by atoms with Crippen LogP contribution in [0.15, 0.2) is 194 Å². The molecule has 0 aliphatic carbocycles. The first-order chi connectivity index (χ1) is 29.2. The average molecular weight is 773 g/mol. The molecule has 6 nitrogen and oxygen atoms in total. The van der Waals surface area contributed by atoms with Gasteiger partial charge in [0, 0.05) is 28.5 Å².